The first kappa shape index (κ1) is 8.75. The summed E-state index contributed by atoms with van der Waals surface area (Å²) in [6.07, 6.45) is 1.81. The predicted molar refractivity (Wildman–Crippen MR) is 59.2 cm³/mol. The molecule has 2 rings (SSSR count). The highest BCUT2D eigenvalue weighted by Crippen LogP contribution is 2.19. The molecule has 0 aliphatic carbocycles. The summed E-state index contributed by atoms with van der Waals surface area (Å²) in [5.41, 5.74) is 3.25. The molecule has 0 unspecified atom stereocenters. The molecular weight excluding hydrogens is 172 g/mol. The standard InChI is InChI=1S/C12H12N2/c1-13-11-6-4-5-10(9-11)12-7-2-3-8-14-12/h2-9,13H,1H3. The quantitative estimate of drug-likeness (QED) is 0.776. The summed E-state index contributed by atoms with van der Waals surface area (Å²) in [4.78, 5) is 4.30. The average molecular weight is 184 g/mol. The van der Waals surface area contributed by atoms with Crippen molar-refractivity contribution in [1.29, 1.82) is 0 Å². The molecule has 1 aromatic carbocycles. The van der Waals surface area contributed by atoms with Gasteiger partial charge in [0.05, 0.1) is 5.69 Å². The van der Waals surface area contributed by atoms with Crippen molar-refractivity contribution in [3.05, 3.63) is 48.7 Å². The molecule has 0 aliphatic heterocycles. The van der Waals surface area contributed by atoms with Gasteiger partial charge in [-0.25, -0.2) is 0 Å². The van der Waals surface area contributed by atoms with Crippen LogP contribution in [0.5, 0.6) is 0 Å². The van der Waals surface area contributed by atoms with Crippen molar-refractivity contribution in [3.63, 3.8) is 0 Å². The number of aromatic nitrogens is 1. The summed E-state index contributed by atoms with van der Waals surface area (Å²) in [5.74, 6) is 0. The van der Waals surface area contributed by atoms with Crippen molar-refractivity contribution < 1.29 is 0 Å². The lowest BCUT2D eigenvalue weighted by atomic mass is 10.1. The first-order chi connectivity index (χ1) is 6.90. The van der Waals surface area contributed by atoms with Gasteiger partial charge in [-0.3, -0.25) is 4.98 Å². The highest BCUT2D eigenvalue weighted by Gasteiger charge is 1.97. The predicted octanol–water partition coefficient (Wildman–Crippen LogP) is 2.79. The van der Waals surface area contributed by atoms with E-state index in [1.807, 2.05) is 37.4 Å². The fraction of sp³-hybridized carbons (Fsp3) is 0.0833. The molecular formula is C12H12N2. The van der Waals surface area contributed by atoms with E-state index in [-0.39, 0.29) is 0 Å². The van der Waals surface area contributed by atoms with E-state index in [1.54, 1.807) is 6.20 Å². The SMILES string of the molecule is CNc1cccc(-c2ccccn2)c1. The average Bonchev–Trinajstić information content (AvgIpc) is 2.30. The van der Waals surface area contributed by atoms with Gasteiger partial charge in [0.25, 0.3) is 0 Å². The third kappa shape index (κ3) is 1.74. The molecule has 1 N–H and O–H groups in total. The van der Waals surface area contributed by atoms with Crippen LogP contribution >= 0.6 is 0 Å². The first-order valence-corrected chi connectivity index (χ1v) is 4.59. The minimum Gasteiger partial charge on any atom is -0.388 e. The molecule has 0 amide bonds. The van der Waals surface area contributed by atoms with E-state index in [1.165, 1.54) is 0 Å². The maximum Gasteiger partial charge on any atom is 0.0702 e. The van der Waals surface area contributed by atoms with Crippen LogP contribution in [0.2, 0.25) is 0 Å². The van der Waals surface area contributed by atoms with Crippen molar-refractivity contribution in [2.75, 3.05) is 12.4 Å². The molecule has 1 aromatic heterocycles. The largest absolute Gasteiger partial charge is 0.388 e. The lowest BCUT2D eigenvalue weighted by molar-refractivity contribution is 1.32. The minimum atomic E-state index is 1.00. The molecule has 1 heterocycles. The van der Waals surface area contributed by atoms with Gasteiger partial charge in [0.2, 0.25) is 0 Å². The van der Waals surface area contributed by atoms with Crippen LogP contribution in [0, 0.1) is 0 Å². The van der Waals surface area contributed by atoms with Gasteiger partial charge < -0.3 is 5.32 Å². The summed E-state index contributed by atoms with van der Waals surface area (Å²) in [6, 6.07) is 14.1. The van der Waals surface area contributed by atoms with Crippen LogP contribution in [0.15, 0.2) is 48.7 Å². The van der Waals surface area contributed by atoms with E-state index >= 15 is 0 Å². The van der Waals surface area contributed by atoms with Crippen LogP contribution in [0.4, 0.5) is 5.69 Å². The molecule has 0 spiro atoms. The first-order valence-electron chi connectivity index (χ1n) is 4.59. The van der Waals surface area contributed by atoms with Crippen LogP contribution in [0.1, 0.15) is 0 Å². The van der Waals surface area contributed by atoms with Crippen molar-refractivity contribution in [2.45, 2.75) is 0 Å². The summed E-state index contributed by atoms with van der Waals surface area (Å²) in [6.45, 7) is 0. The molecule has 0 fully saturated rings. The Morgan fingerprint density at radius 2 is 2.00 bits per heavy atom. The molecule has 2 nitrogen and oxygen atoms in total. The maximum absolute atomic E-state index is 4.30. The monoisotopic (exact) mass is 184 g/mol. The Balaban J connectivity index is 2.42. The Morgan fingerprint density at radius 1 is 1.07 bits per heavy atom. The normalized spacial score (nSPS) is 9.79. The second-order valence-corrected chi connectivity index (χ2v) is 3.05. The Labute approximate surface area is 83.6 Å². The molecule has 0 aliphatic rings. The van der Waals surface area contributed by atoms with Crippen molar-refractivity contribution >= 4 is 5.69 Å². The fourth-order valence-electron chi connectivity index (χ4n) is 1.37. The molecule has 2 heteroatoms. The van der Waals surface area contributed by atoms with Gasteiger partial charge in [-0.15, -0.1) is 0 Å². The number of nitrogens with zero attached hydrogens (tertiary/aromatic N) is 1. The highest BCUT2D eigenvalue weighted by molar-refractivity contribution is 5.64. The minimum absolute atomic E-state index is 1.00. The number of hydrogen-bond donors (Lipinski definition) is 1. The van der Waals surface area contributed by atoms with E-state index in [4.69, 9.17) is 0 Å². The van der Waals surface area contributed by atoms with Crippen molar-refractivity contribution in [2.24, 2.45) is 0 Å². The zero-order valence-electron chi connectivity index (χ0n) is 8.07. The number of benzene rings is 1. The Kier molecular flexibility index (Phi) is 2.45. The number of anilines is 1. The van der Waals surface area contributed by atoms with Gasteiger partial charge in [0.15, 0.2) is 0 Å². The van der Waals surface area contributed by atoms with E-state index in [0.29, 0.717) is 0 Å². The van der Waals surface area contributed by atoms with Crippen LogP contribution < -0.4 is 5.32 Å². The zero-order chi connectivity index (χ0) is 9.80. The summed E-state index contributed by atoms with van der Waals surface area (Å²) in [5, 5.41) is 3.11. The molecule has 0 bridgehead atoms. The van der Waals surface area contributed by atoms with Crippen LogP contribution in [0.3, 0.4) is 0 Å². The van der Waals surface area contributed by atoms with Crippen LogP contribution in [0.25, 0.3) is 11.3 Å². The molecule has 0 saturated heterocycles. The van der Waals surface area contributed by atoms with Gasteiger partial charge in [0, 0.05) is 24.5 Å². The Morgan fingerprint density at radius 3 is 2.71 bits per heavy atom. The van der Waals surface area contributed by atoms with Gasteiger partial charge in [-0.1, -0.05) is 18.2 Å². The lowest BCUT2D eigenvalue weighted by Gasteiger charge is -2.03. The molecule has 14 heavy (non-hydrogen) atoms. The molecule has 2 aromatic rings. The third-order valence-corrected chi connectivity index (χ3v) is 2.11. The van der Waals surface area contributed by atoms with Crippen LogP contribution in [-0.4, -0.2) is 12.0 Å². The molecule has 0 saturated carbocycles. The molecule has 0 atom stereocenters. The van der Waals surface area contributed by atoms with E-state index in [0.717, 1.165) is 16.9 Å². The Bertz CT molecular complexity index is 410. The summed E-state index contributed by atoms with van der Waals surface area (Å²) in [7, 11) is 1.91. The third-order valence-electron chi connectivity index (χ3n) is 2.11. The summed E-state index contributed by atoms with van der Waals surface area (Å²) >= 11 is 0. The van der Waals surface area contributed by atoms with Crippen molar-refractivity contribution in [3.8, 4) is 11.3 Å². The number of hydrogen-bond acceptors (Lipinski definition) is 2. The van der Waals surface area contributed by atoms with Gasteiger partial charge in [-0.05, 0) is 24.3 Å². The van der Waals surface area contributed by atoms with E-state index in [9.17, 15) is 0 Å². The fourth-order valence-corrected chi connectivity index (χ4v) is 1.37. The summed E-state index contributed by atoms with van der Waals surface area (Å²) < 4.78 is 0. The molecule has 70 valence electrons. The van der Waals surface area contributed by atoms with Gasteiger partial charge >= 0.3 is 0 Å². The highest BCUT2D eigenvalue weighted by atomic mass is 14.8. The second kappa shape index (κ2) is 3.92. The van der Waals surface area contributed by atoms with Gasteiger partial charge in [-0.2, -0.15) is 0 Å². The van der Waals surface area contributed by atoms with Crippen molar-refractivity contribution in [1.82, 2.24) is 4.98 Å². The number of nitrogens with one attached hydrogen (secondary N) is 1. The molecule has 0 radical (unpaired) electrons. The second-order valence-electron chi connectivity index (χ2n) is 3.05. The zero-order valence-corrected chi connectivity index (χ0v) is 8.07. The number of pyridine rings is 1. The van der Waals surface area contributed by atoms with E-state index in [2.05, 4.69) is 22.4 Å². The Hall–Kier alpha value is -1.83. The number of rotatable bonds is 2. The maximum atomic E-state index is 4.30. The van der Waals surface area contributed by atoms with Gasteiger partial charge in [0.1, 0.15) is 0 Å². The van der Waals surface area contributed by atoms with E-state index < -0.39 is 0 Å². The topological polar surface area (TPSA) is 24.9 Å². The lowest BCUT2D eigenvalue weighted by Crippen LogP contribution is -1.88. The smallest absolute Gasteiger partial charge is 0.0702 e. The van der Waals surface area contributed by atoms with Crippen LogP contribution in [-0.2, 0) is 0 Å².